The molecule has 0 radical (unpaired) electrons. The fourth-order valence-electron chi connectivity index (χ4n) is 5.14. The molecule has 2 unspecified atom stereocenters. The normalized spacial score (nSPS) is 12.9. The summed E-state index contributed by atoms with van der Waals surface area (Å²) in [5.41, 5.74) is 6.01. The van der Waals surface area contributed by atoms with E-state index in [1.165, 1.54) is 11.1 Å². The van der Waals surface area contributed by atoms with Gasteiger partial charge in [-0.2, -0.15) is 0 Å². The van der Waals surface area contributed by atoms with Crippen molar-refractivity contribution < 1.29 is 9.59 Å². The Bertz CT molecular complexity index is 1340. The fraction of sp³-hybridized carbons (Fsp3) is 0.333. The number of hydrogen-bond donors (Lipinski definition) is 2. The highest BCUT2D eigenvalue weighted by Gasteiger charge is 2.19. The highest BCUT2D eigenvalue weighted by Crippen LogP contribution is 2.31. The number of amides is 2. The molecule has 2 amide bonds. The molecule has 4 aromatic rings. The number of hydrogen-bond acceptors (Lipinski definition) is 2. The van der Waals surface area contributed by atoms with Crippen LogP contribution in [0.5, 0.6) is 0 Å². The lowest BCUT2D eigenvalue weighted by Gasteiger charge is -2.17. The monoisotopic (exact) mass is 534 g/mol. The molecule has 4 heteroatoms. The Kier molecular flexibility index (Phi) is 9.42. The van der Waals surface area contributed by atoms with Gasteiger partial charge in [-0.05, 0) is 72.9 Å². The van der Waals surface area contributed by atoms with Crippen LogP contribution in [0.25, 0.3) is 10.8 Å². The Morgan fingerprint density at radius 3 is 1.20 bits per heavy atom. The Morgan fingerprint density at radius 1 is 0.525 bits per heavy atom. The SMILES string of the molecule is CC(C)Cc1ccc(C(C)C(=O)Nc2cccc3c(NC(=O)C(C)c4ccc(CC(C)C)cc4)cccc23)cc1. The summed E-state index contributed by atoms with van der Waals surface area (Å²) < 4.78 is 0. The molecule has 0 saturated carbocycles. The summed E-state index contributed by atoms with van der Waals surface area (Å²) in [6, 6.07) is 28.3. The van der Waals surface area contributed by atoms with Crippen LogP contribution in [0.1, 0.15) is 75.6 Å². The third-order valence-corrected chi connectivity index (χ3v) is 7.47. The Balaban J connectivity index is 1.48. The van der Waals surface area contributed by atoms with Crippen molar-refractivity contribution in [2.24, 2.45) is 11.8 Å². The van der Waals surface area contributed by atoms with Gasteiger partial charge in [-0.25, -0.2) is 0 Å². The zero-order valence-electron chi connectivity index (χ0n) is 24.6. The Labute approximate surface area is 239 Å². The van der Waals surface area contributed by atoms with Crippen molar-refractivity contribution in [2.75, 3.05) is 10.6 Å². The predicted molar refractivity (Wildman–Crippen MR) is 168 cm³/mol. The Hall–Kier alpha value is -3.92. The van der Waals surface area contributed by atoms with Crippen molar-refractivity contribution in [2.45, 2.75) is 66.2 Å². The summed E-state index contributed by atoms with van der Waals surface area (Å²) in [4.78, 5) is 26.5. The zero-order chi connectivity index (χ0) is 28.8. The number of carbonyl (C=O) groups excluding carboxylic acids is 2. The van der Waals surface area contributed by atoms with E-state index in [1.54, 1.807) is 0 Å². The van der Waals surface area contributed by atoms with Crippen LogP contribution in [0, 0.1) is 11.8 Å². The van der Waals surface area contributed by atoms with Crippen LogP contribution in [0.4, 0.5) is 11.4 Å². The maximum atomic E-state index is 13.2. The van der Waals surface area contributed by atoms with Crippen molar-refractivity contribution in [1.29, 1.82) is 0 Å². The van der Waals surface area contributed by atoms with Crippen molar-refractivity contribution in [1.82, 2.24) is 0 Å². The number of nitrogens with one attached hydrogen (secondary N) is 2. The number of fused-ring (bicyclic) bond motifs is 1. The maximum Gasteiger partial charge on any atom is 0.231 e. The van der Waals surface area contributed by atoms with Gasteiger partial charge in [0.05, 0.1) is 11.8 Å². The summed E-state index contributed by atoms with van der Waals surface area (Å²) in [5, 5.41) is 8.03. The minimum absolute atomic E-state index is 0.0620. The quantitative estimate of drug-likeness (QED) is 0.214. The topological polar surface area (TPSA) is 58.2 Å². The van der Waals surface area contributed by atoms with E-state index in [9.17, 15) is 9.59 Å². The van der Waals surface area contributed by atoms with Gasteiger partial charge in [-0.1, -0.05) is 100 Å². The summed E-state index contributed by atoms with van der Waals surface area (Å²) >= 11 is 0. The molecule has 4 aromatic carbocycles. The van der Waals surface area contributed by atoms with Gasteiger partial charge >= 0.3 is 0 Å². The van der Waals surface area contributed by atoms with Crippen molar-refractivity contribution in [3.8, 4) is 0 Å². The van der Waals surface area contributed by atoms with Crippen LogP contribution in [0.2, 0.25) is 0 Å². The standard InChI is InChI=1S/C36H42N2O2/c1-23(2)21-27-13-17-29(18-14-27)25(5)35(39)37-33-11-7-10-32-31(33)9-8-12-34(32)38-36(40)26(6)30-19-15-28(16-20-30)22-24(3)4/h7-20,23-26H,21-22H2,1-6H3,(H,37,39)(H,38,40). The van der Waals surface area contributed by atoms with Gasteiger partial charge in [-0.15, -0.1) is 0 Å². The number of carbonyl (C=O) groups is 2. The van der Waals surface area contributed by atoms with E-state index in [4.69, 9.17) is 0 Å². The molecule has 4 nitrogen and oxygen atoms in total. The van der Waals surface area contributed by atoms with Crippen LogP contribution in [-0.2, 0) is 22.4 Å². The molecule has 0 fully saturated rings. The van der Waals surface area contributed by atoms with Gasteiger partial charge in [-0.3, -0.25) is 9.59 Å². The number of rotatable bonds is 10. The Morgan fingerprint density at radius 2 is 0.875 bits per heavy atom. The van der Waals surface area contributed by atoms with E-state index in [2.05, 4.69) is 86.9 Å². The van der Waals surface area contributed by atoms with Gasteiger partial charge in [0.1, 0.15) is 0 Å². The molecule has 0 aliphatic heterocycles. The van der Waals surface area contributed by atoms with Gasteiger partial charge in [0.2, 0.25) is 11.8 Å². The second kappa shape index (κ2) is 13.0. The molecule has 2 atom stereocenters. The van der Waals surface area contributed by atoms with Gasteiger partial charge in [0, 0.05) is 22.1 Å². The van der Waals surface area contributed by atoms with E-state index in [0.29, 0.717) is 11.8 Å². The molecular weight excluding hydrogens is 492 g/mol. The highest BCUT2D eigenvalue weighted by atomic mass is 16.2. The predicted octanol–water partition coefficient (Wildman–Crippen LogP) is 8.72. The maximum absolute atomic E-state index is 13.2. The van der Waals surface area contributed by atoms with Crippen molar-refractivity contribution in [3.63, 3.8) is 0 Å². The second-order valence-corrected chi connectivity index (χ2v) is 11.8. The average molecular weight is 535 g/mol. The van der Waals surface area contributed by atoms with E-state index < -0.39 is 0 Å². The molecule has 0 saturated heterocycles. The molecule has 2 N–H and O–H groups in total. The summed E-state index contributed by atoms with van der Waals surface area (Å²) in [6.45, 7) is 12.7. The first kappa shape index (κ1) is 29.1. The molecule has 0 aliphatic rings. The summed E-state index contributed by atoms with van der Waals surface area (Å²) in [7, 11) is 0. The number of benzene rings is 4. The van der Waals surface area contributed by atoms with Crippen LogP contribution < -0.4 is 10.6 Å². The van der Waals surface area contributed by atoms with Gasteiger partial charge in [0.25, 0.3) is 0 Å². The summed E-state index contributed by atoms with van der Waals surface area (Å²) in [5.74, 6) is 0.480. The van der Waals surface area contributed by atoms with E-state index >= 15 is 0 Å². The average Bonchev–Trinajstić information content (AvgIpc) is 2.93. The second-order valence-electron chi connectivity index (χ2n) is 11.8. The van der Waals surface area contributed by atoms with Crippen molar-refractivity contribution >= 4 is 34.0 Å². The van der Waals surface area contributed by atoms with Crippen LogP contribution in [0.3, 0.4) is 0 Å². The molecule has 0 bridgehead atoms. The smallest absolute Gasteiger partial charge is 0.231 e. The highest BCUT2D eigenvalue weighted by molar-refractivity contribution is 6.10. The van der Waals surface area contributed by atoms with Crippen molar-refractivity contribution in [3.05, 3.63) is 107 Å². The molecule has 0 aliphatic carbocycles. The van der Waals surface area contributed by atoms with Gasteiger partial charge in [0.15, 0.2) is 0 Å². The fourth-order valence-corrected chi connectivity index (χ4v) is 5.14. The lowest BCUT2D eigenvalue weighted by atomic mass is 9.96. The molecule has 4 rings (SSSR count). The molecule has 208 valence electrons. The first-order valence-electron chi connectivity index (χ1n) is 14.4. The lowest BCUT2D eigenvalue weighted by Crippen LogP contribution is -2.20. The molecule has 0 aromatic heterocycles. The summed E-state index contributed by atoms with van der Waals surface area (Å²) in [6.07, 6.45) is 2.05. The molecule has 0 spiro atoms. The zero-order valence-corrected chi connectivity index (χ0v) is 24.6. The van der Waals surface area contributed by atoms with Crippen LogP contribution in [0.15, 0.2) is 84.9 Å². The van der Waals surface area contributed by atoms with E-state index in [0.717, 1.165) is 46.1 Å². The molecule has 0 heterocycles. The minimum atomic E-state index is -0.293. The van der Waals surface area contributed by atoms with Gasteiger partial charge < -0.3 is 10.6 Å². The first-order valence-corrected chi connectivity index (χ1v) is 14.4. The van der Waals surface area contributed by atoms with E-state index in [-0.39, 0.29) is 23.7 Å². The lowest BCUT2D eigenvalue weighted by molar-refractivity contribution is -0.118. The van der Waals surface area contributed by atoms with Crippen LogP contribution >= 0.6 is 0 Å². The number of anilines is 2. The third kappa shape index (κ3) is 7.18. The third-order valence-electron chi connectivity index (χ3n) is 7.47. The first-order chi connectivity index (χ1) is 19.1. The molecule has 40 heavy (non-hydrogen) atoms. The minimum Gasteiger partial charge on any atom is -0.325 e. The van der Waals surface area contributed by atoms with Crippen LogP contribution in [-0.4, -0.2) is 11.8 Å². The molecular formula is C36H42N2O2. The van der Waals surface area contributed by atoms with E-state index in [1.807, 2.05) is 50.2 Å². The largest absolute Gasteiger partial charge is 0.325 e.